The number of hydrogen-bond donors (Lipinski definition) is 0. The molecule has 0 N–H and O–H groups in total. The van der Waals surface area contributed by atoms with E-state index in [2.05, 4.69) is 18.2 Å². The second-order valence-corrected chi connectivity index (χ2v) is 6.54. The molecule has 1 aromatic rings. The molecule has 19 heavy (non-hydrogen) atoms. The van der Waals surface area contributed by atoms with Gasteiger partial charge in [-0.05, 0) is 63.1 Å². The zero-order chi connectivity index (χ0) is 13.6. The van der Waals surface area contributed by atoms with Crippen molar-refractivity contribution in [2.24, 2.45) is 0 Å². The van der Waals surface area contributed by atoms with Gasteiger partial charge in [-0.15, -0.1) is 0 Å². The molecular formula is C16H21NO2. The van der Waals surface area contributed by atoms with Crippen molar-refractivity contribution < 1.29 is 9.53 Å². The Hall–Kier alpha value is -1.51. The van der Waals surface area contributed by atoms with Gasteiger partial charge in [-0.1, -0.05) is 12.1 Å². The Balaban J connectivity index is 1.80. The van der Waals surface area contributed by atoms with E-state index in [4.69, 9.17) is 4.74 Å². The highest BCUT2D eigenvalue weighted by atomic mass is 16.6. The fourth-order valence-corrected chi connectivity index (χ4v) is 2.60. The summed E-state index contributed by atoms with van der Waals surface area (Å²) in [5.41, 5.74) is 3.31. The Morgan fingerprint density at radius 3 is 2.68 bits per heavy atom. The SMILES string of the molecule is CC(C)(C)OC(=O)N1CCc2cc(C3CC3)ccc21. The first-order valence-corrected chi connectivity index (χ1v) is 7.07. The van der Waals surface area contributed by atoms with Crippen LogP contribution in [-0.4, -0.2) is 18.2 Å². The number of carbonyl (C=O) groups is 1. The van der Waals surface area contributed by atoms with E-state index < -0.39 is 5.60 Å². The number of fused-ring (bicyclic) bond motifs is 1. The van der Waals surface area contributed by atoms with Crippen LogP contribution in [-0.2, 0) is 11.2 Å². The maximum atomic E-state index is 12.2. The lowest BCUT2D eigenvalue weighted by Gasteiger charge is -2.24. The first-order chi connectivity index (χ1) is 8.94. The summed E-state index contributed by atoms with van der Waals surface area (Å²) in [6, 6.07) is 6.52. The standard InChI is InChI=1S/C16H21NO2/c1-16(2,3)19-15(18)17-9-8-13-10-12(11-4-5-11)6-7-14(13)17/h6-7,10-11H,4-5,8-9H2,1-3H3. The van der Waals surface area contributed by atoms with E-state index in [0.29, 0.717) is 0 Å². The first kappa shape index (κ1) is 12.5. The Morgan fingerprint density at radius 1 is 1.32 bits per heavy atom. The summed E-state index contributed by atoms with van der Waals surface area (Å²) in [4.78, 5) is 13.9. The molecule has 0 saturated heterocycles. The molecule has 1 heterocycles. The molecule has 0 radical (unpaired) electrons. The molecular weight excluding hydrogens is 238 g/mol. The molecule has 102 valence electrons. The largest absolute Gasteiger partial charge is 0.443 e. The van der Waals surface area contributed by atoms with Crippen molar-refractivity contribution in [2.45, 2.75) is 51.6 Å². The van der Waals surface area contributed by atoms with Gasteiger partial charge in [0.25, 0.3) is 0 Å². The normalized spacial score (nSPS) is 18.4. The maximum Gasteiger partial charge on any atom is 0.414 e. The molecule has 1 amide bonds. The Bertz CT molecular complexity index is 512. The van der Waals surface area contributed by atoms with E-state index in [1.165, 1.54) is 24.0 Å². The predicted molar refractivity (Wildman–Crippen MR) is 75.7 cm³/mol. The van der Waals surface area contributed by atoms with Crippen molar-refractivity contribution >= 4 is 11.8 Å². The third-order valence-corrected chi connectivity index (χ3v) is 3.66. The van der Waals surface area contributed by atoms with Crippen LogP contribution in [0.4, 0.5) is 10.5 Å². The maximum absolute atomic E-state index is 12.2. The van der Waals surface area contributed by atoms with Crippen molar-refractivity contribution in [3.8, 4) is 0 Å². The molecule has 1 aliphatic heterocycles. The van der Waals surface area contributed by atoms with Crippen LogP contribution >= 0.6 is 0 Å². The number of benzene rings is 1. The van der Waals surface area contributed by atoms with E-state index in [-0.39, 0.29) is 6.09 Å². The molecule has 1 aliphatic carbocycles. The number of hydrogen-bond acceptors (Lipinski definition) is 2. The molecule has 0 bridgehead atoms. The second-order valence-electron chi connectivity index (χ2n) is 6.54. The summed E-state index contributed by atoms with van der Waals surface area (Å²) in [6.45, 7) is 6.44. The molecule has 3 nitrogen and oxygen atoms in total. The summed E-state index contributed by atoms with van der Waals surface area (Å²) >= 11 is 0. The lowest BCUT2D eigenvalue weighted by molar-refractivity contribution is 0.0584. The van der Waals surface area contributed by atoms with Gasteiger partial charge < -0.3 is 4.74 Å². The van der Waals surface area contributed by atoms with Gasteiger partial charge in [0.1, 0.15) is 5.60 Å². The van der Waals surface area contributed by atoms with Crippen LogP contribution in [0.3, 0.4) is 0 Å². The van der Waals surface area contributed by atoms with Crippen LogP contribution in [0.5, 0.6) is 0 Å². The van der Waals surface area contributed by atoms with Crippen LogP contribution in [0, 0.1) is 0 Å². The van der Waals surface area contributed by atoms with Crippen LogP contribution < -0.4 is 4.90 Å². The van der Waals surface area contributed by atoms with Gasteiger partial charge in [0.15, 0.2) is 0 Å². The van der Waals surface area contributed by atoms with E-state index in [1.807, 2.05) is 20.8 Å². The van der Waals surface area contributed by atoms with Gasteiger partial charge in [-0.2, -0.15) is 0 Å². The fraction of sp³-hybridized carbons (Fsp3) is 0.562. The van der Waals surface area contributed by atoms with E-state index in [9.17, 15) is 4.79 Å². The third-order valence-electron chi connectivity index (χ3n) is 3.66. The van der Waals surface area contributed by atoms with Gasteiger partial charge in [-0.25, -0.2) is 4.79 Å². The molecule has 0 aromatic heterocycles. The Labute approximate surface area is 114 Å². The van der Waals surface area contributed by atoms with Crippen LogP contribution in [0.25, 0.3) is 0 Å². The topological polar surface area (TPSA) is 29.5 Å². The number of amides is 1. The zero-order valence-corrected chi connectivity index (χ0v) is 11.9. The van der Waals surface area contributed by atoms with Crippen LogP contribution in [0.2, 0.25) is 0 Å². The fourth-order valence-electron chi connectivity index (χ4n) is 2.60. The highest BCUT2D eigenvalue weighted by Crippen LogP contribution is 2.42. The van der Waals surface area contributed by atoms with Crippen LogP contribution in [0.15, 0.2) is 18.2 Å². The second kappa shape index (κ2) is 4.26. The lowest BCUT2D eigenvalue weighted by Crippen LogP contribution is -2.35. The summed E-state index contributed by atoms with van der Waals surface area (Å²) < 4.78 is 5.46. The van der Waals surface area contributed by atoms with Gasteiger partial charge in [0.05, 0.1) is 5.69 Å². The number of ether oxygens (including phenoxy) is 1. The molecule has 1 saturated carbocycles. The minimum Gasteiger partial charge on any atom is -0.443 e. The number of rotatable bonds is 1. The van der Waals surface area contributed by atoms with Gasteiger partial charge in [0, 0.05) is 6.54 Å². The van der Waals surface area contributed by atoms with Crippen LogP contribution in [0.1, 0.15) is 50.7 Å². The van der Waals surface area contributed by atoms with Gasteiger partial charge in [-0.3, -0.25) is 4.90 Å². The molecule has 0 spiro atoms. The smallest absolute Gasteiger partial charge is 0.414 e. The Kier molecular flexibility index (Phi) is 2.80. The van der Waals surface area contributed by atoms with Crippen molar-refractivity contribution in [3.63, 3.8) is 0 Å². The molecule has 1 fully saturated rings. The zero-order valence-electron chi connectivity index (χ0n) is 11.9. The van der Waals surface area contributed by atoms with Crippen molar-refractivity contribution in [2.75, 3.05) is 11.4 Å². The minimum absolute atomic E-state index is 0.231. The average Bonchev–Trinajstić information content (AvgIpc) is 3.06. The molecule has 0 atom stereocenters. The highest BCUT2D eigenvalue weighted by molar-refractivity contribution is 5.90. The monoisotopic (exact) mass is 259 g/mol. The molecule has 3 rings (SSSR count). The molecule has 3 heteroatoms. The van der Waals surface area contributed by atoms with Gasteiger partial charge >= 0.3 is 6.09 Å². The molecule has 1 aromatic carbocycles. The highest BCUT2D eigenvalue weighted by Gasteiger charge is 2.30. The van der Waals surface area contributed by atoms with E-state index in [1.54, 1.807) is 4.90 Å². The van der Waals surface area contributed by atoms with Gasteiger partial charge in [0.2, 0.25) is 0 Å². The van der Waals surface area contributed by atoms with Crippen molar-refractivity contribution in [1.29, 1.82) is 0 Å². The first-order valence-electron chi connectivity index (χ1n) is 7.07. The lowest BCUT2D eigenvalue weighted by atomic mass is 10.1. The third kappa shape index (κ3) is 2.60. The van der Waals surface area contributed by atoms with E-state index in [0.717, 1.165) is 24.6 Å². The van der Waals surface area contributed by atoms with Crippen molar-refractivity contribution in [3.05, 3.63) is 29.3 Å². The number of carbonyl (C=O) groups excluding carboxylic acids is 1. The quantitative estimate of drug-likeness (QED) is 0.766. The number of anilines is 1. The predicted octanol–water partition coefficient (Wildman–Crippen LogP) is 3.86. The number of nitrogens with zero attached hydrogens (tertiary/aromatic N) is 1. The summed E-state index contributed by atoms with van der Waals surface area (Å²) in [5, 5.41) is 0. The average molecular weight is 259 g/mol. The molecule has 0 unspecified atom stereocenters. The van der Waals surface area contributed by atoms with Crippen molar-refractivity contribution in [1.82, 2.24) is 0 Å². The summed E-state index contributed by atoms with van der Waals surface area (Å²) in [5.74, 6) is 0.765. The summed E-state index contributed by atoms with van der Waals surface area (Å²) in [6.07, 6.45) is 3.34. The molecule has 2 aliphatic rings. The van der Waals surface area contributed by atoms with E-state index >= 15 is 0 Å². The summed E-state index contributed by atoms with van der Waals surface area (Å²) in [7, 11) is 0. The Morgan fingerprint density at radius 2 is 2.05 bits per heavy atom. The minimum atomic E-state index is -0.437.